The second-order valence-electron chi connectivity index (χ2n) is 7.13. The molecule has 1 heterocycles. The Morgan fingerprint density at radius 3 is 1.18 bits per heavy atom. The van der Waals surface area contributed by atoms with Crippen molar-refractivity contribution in [2.75, 3.05) is 0 Å². The van der Waals surface area contributed by atoms with E-state index in [1.54, 1.807) is 0 Å². The zero-order valence-corrected chi connectivity index (χ0v) is 18.4. The third-order valence-corrected chi connectivity index (χ3v) is 4.38. The van der Waals surface area contributed by atoms with Crippen molar-refractivity contribution in [3.8, 4) is 11.4 Å². The first-order chi connectivity index (χ1) is 16.9. The second kappa shape index (κ2) is 10.3. The van der Waals surface area contributed by atoms with Crippen LogP contribution >= 0.6 is 0 Å². The van der Waals surface area contributed by atoms with Gasteiger partial charge < -0.3 is 0 Å². The summed E-state index contributed by atoms with van der Waals surface area (Å²) in [6, 6.07) is 1.17. The van der Waals surface area contributed by atoms with Gasteiger partial charge in [0.05, 0.1) is 22.3 Å². The Kier molecular flexibility index (Phi) is 8.40. The quantitative estimate of drug-likeness (QED) is 0.336. The Balaban J connectivity index is 0.000000926. The zero-order valence-electron chi connectivity index (χ0n) is 17.6. The Hall–Kier alpha value is -3.06. The summed E-state index contributed by atoms with van der Waals surface area (Å²) in [5, 5.41) is 0. The van der Waals surface area contributed by atoms with E-state index in [0.717, 1.165) is 18.7 Å². The summed E-state index contributed by atoms with van der Waals surface area (Å²) in [6.45, 7) is 0. The molecular formula is C19H9ClF12N2O4. The molecule has 0 unspecified atom stereocenters. The molecule has 6 nitrogen and oxygen atoms in total. The molecule has 0 amide bonds. The molecule has 3 aromatic rings. The van der Waals surface area contributed by atoms with Gasteiger partial charge in [0.1, 0.15) is 23.8 Å². The van der Waals surface area contributed by atoms with E-state index in [-0.39, 0.29) is 12.1 Å². The molecule has 0 fully saturated rings. The molecule has 1 aromatic heterocycles. The molecule has 0 N–H and O–H groups in total. The summed E-state index contributed by atoms with van der Waals surface area (Å²) in [7, 11) is -4.94. The lowest BCUT2D eigenvalue weighted by molar-refractivity contribution is -2.00. The summed E-state index contributed by atoms with van der Waals surface area (Å²) in [5.74, 6) is 0. The monoisotopic (exact) mass is 592 g/mol. The van der Waals surface area contributed by atoms with Gasteiger partial charge in [-0.3, -0.25) is 0 Å². The van der Waals surface area contributed by atoms with E-state index in [0.29, 0.717) is 33.4 Å². The first-order valence-electron chi connectivity index (χ1n) is 9.16. The number of benzene rings is 2. The number of halogens is 13. The topological polar surface area (TPSA) is 101 Å². The van der Waals surface area contributed by atoms with Gasteiger partial charge in [-0.25, -0.2) is 27.8 Å². The van der Waals surface area contributed by atoms with Crippen LogP contribution in [0.3, 0.4) is 0 Å². The van der Waals surface area contributed by atoms with E-state index in [4.69, 9.17) is 18.6 Å². The lowest BCUT2D eigenvalue weighted by Crippen LogP contribution is -2.68. The Labute approximate surface area is 204 Å². The van der Waals surface area contributed by atoms with E-state index >= 15 is 0 Å². The largest absolute Gasteiger partial charge is 0.416 e. The van der Waals surface area contributed by atoms with Crippen LogP contribution in [-0.4, -0.2) is 4.57 Å². The average molecular weight is 593 g/mol. The van der Waals surface area contributed by atoms with Crippen molar-refractivity contribution >= 4 is 0 Å². The van der Waals surface area contributed by atoms with Crippen molar-refractivity contribution in [3.63, 3.8) is 0 Å². The predicted molar refractivity (Wildman–Crippen MR) is 87.3 cm³/mol. The van der Waals surface area contributed by atoms with E-state index in [1.807, 2.05) is 0 Å². The summed E-state index contributed by atoms with van der Waals surface area (Å²) in [4.78, 5) is 0. The minimum Gasteiger partial charge on any atom is -0.222 e. The van der Waals surface area contributed by atoms with E-state index in [2.05, 4.69) is 0 Å². The third kappa shape index (κ3) is 8.76. The lowest BCUT2D eigenvalue weighted by atomic mass is 10.1. The fourth-order valence-corrected chi connectivity index (χ4v) is 2.84. The molecule has 38 heavy (non-hydrogen) atoms. The van der Waals surface area contributed by atoms with Gasteiger partial charge in [-0.2, -0.15) is 52.7 Å². The van der Waals surface area contributed by atoms with Crippen molar-refractivity contribution in [3.05, 3.63) is 77.4 Å². The van der Waals surface area contributed by atoms with Gasteiger partial charge in [0, 0.05) is 0 Å². The first-order valence-corrected chi connectivity index (χ1v) is 10.4. The van der Waals surface area contributed by atoms with E-state index in [1.165, 1.54) is 0 Å². The maximum absolute atomic E-state index is 13.0. The van der Waals surface area contributed by atoms with E-state index in [9.17, 15) is 52.7 Å². The molecule has 0 atom stereocenters. The van der Waals surface area contributed by atoms with Crippen LogP contribution in [0.5, 0.6) is 0 Å². The van der Waals surface area contributed by atoms with Gasteiger partial charge in [0.25, 0.3) is 6.33 Å². The fourth-order valence-electron chi connectivity index (χ4n) is 2.84. The highest BCUT2D eigenvalue weighted by molar-refractivity contribution is 5.43. The van der Waals surface area contributed by atoms with Crippen molar-refractivity contribution in [2.24, 2.45) is 0 Å². The molecule has 0 saturated carbocycles. The highest BCUT2D eigenvalue weighted by Gasteiger charge is 2.39. The van der Waals surface area contributed by atoms with Crippen molar-refractivity contribution in [1.82, 2.24) is 4.57 Å². The number of nitrogens with zero attached hydrogens (tertiary/aromatic N) is 2. The molecule has 3 rings (SSSR count). The minimum absolute atomic E-state index is 0.122. The van der Waals surface area contributed by atoms with Crippen LogP contribution in [-0.2, 0) is 24.7 Å². The molecule has 0 saturated heterocycles. The Morgan fingerprint density at radius 2 is 0.868 bits per heavy atom. The summed E-state index contributed by atoms with van der Waals surface area (Å²) < 4.78 is 192. The highest BCUT2D eigenvalue weighted by Crippen LogP contribution is 2.38. The zero-order chi connectivity index (χ0) is 29.5. The molecule has 0 radical (unpaired) electrons. The van der Waals surface area contributed by atoms with Gasteiger partial charge in [0.2, 0.25) is 0 Å². The predicted octanol–water partition coefficient (Wildman–Crippen LogP) is 2.07. The van der Waals surface area contributed by atoms with Crippen molar-refractivity contribution in [2.45, 2.75) is 24.7 Å². The summed E-state index contributed by atoms with van der Waals surface area (Å²) in [6.07, 6.45) is -18.1. The minimum atomic E-state index is -5.15. The van der Waals surface area contributed by atoms with Crippen LogP contribution in [0.4, 0.5) is 52.7 Å². The smallest absolute Gasteiger partial charge is 0.222 e. The number of hydrogen-bond donors (Lipinski definition) is 0. The molecule has 0 aliphatic carbocycles. The number of imidazole rings is 1. The van der Waals surface area contributed by atoms with Crippen molar-refractivity contribution < 1.29 is 86.1 Å². The maximum Gasteiger partial charge on any atom is 0.416 e. The first kappa shape index (κ1) is 31.2. The number of aromatic nitrogens is 2. The van der Waals surface area contributed by atoms with Crippen LogP contribution in [0, 0.1) is 10.2 Å². The molecule has 19 heteroatoms. The molecule has 0 aliphatic heterocycles. The normalized spacial score (nSPS) is 13.3. The van der Waals surface area contributed by atoms with Gasteiger partial charge >= 0.3 is 24.7 Å². The van der Waals surface area contributed by atoms with Crippen LogP contribution in [0.25, 0.3) is 11.4 Å². The van der Waals surface area contributed by atoms with Crippen LogP contribution in [0.2, 0.25) is 0 Å². The Bertz CT molecular complexity index is 1110. The number of hydrogen-bond acceptors (Lipinski definition) is 4. The number of rotatable bonds is 2. The molecule has 2 aromatic carbocycles. The maximum atomic E-state index is 13.0. The molecule has 0 aliphatic rings. The molecule has 0 bridgehead atoms. The molecular weight excluding hydrogens is 584 g/mol. The standard InChI is InChI=1S/C19H9F12N2.ClHO4/c20-16(21,22)10-3-11(17(23,24)25)6-14(5-10)32-1-2-33(9-32)15-7-12(18(26,27)28)4-13(8-15)19(29,30)31;2-1(3,4)5/h1-9H;(H,2,3,4,5)/q+1;/p-1. The van der Waals surface area contributed by atoms with Crippen molar-refractivity contribution in [1.29, 1.82) is 0 Å². The van der Waals surface area contributed by atoms with Gasteiger partial charge in [-0.05, 0) is 36.4 Å². The third-order valence-electron chi connectivity index (χ3n) is 4.38. The average Bonchev–Trinajstić information content (AvgIpc) is 3.20. The van der Waals surface area contributed by atoms with Gasteiger partial charge in [-0.15, -0.1) is 10.2 Å². The highest BCUT2D eigenvalue weighted by atomic mass is 35.7. The molecule has 0 spiro atoms. The SMILES string of the molecule is FC(F)(F)c1cc(-n2cc[n+](-c3cc(C(F)(F)F)cc(C(F)(F)F)c3)c2)cc(C(F)(F)F)c1.[O-][Cl+3]([O-])([O-])[O-]. The summed E-state index contributed by atoms with van der Waals surface area (Å²) >= 11 is 0. The van der Waals surface area contributed by atoms with Crippen LogP contribution in [0.15, 0.2) is 55.1 Å². The van der Waals surface area contributed by atoms with Gasteiger partial charge in [0.15, 0.2) is 0 Å². The van der Waals surface area contributed by atoms with Crippen LogP contribution in [0.1, 0.15) is 22.3 Å². The van der Waals surface area contributed by atoms with E-state index < -0.39 is 68.6 Å². The summed E-state index contributed by atoms with van der Waals surface area (Å²) in [5.41, 5.74) is -7.92. The fraction of sp³-hybridized carbons (Fsp3) is 0.211. The number of alkyl halides is 12. The van der Waals surface area contributed by atoms with Gasteiger partial charge in [-0.1, -0.05) is 0 Å². The second-order valence-corrected chi connectivity index (χ2v) is 7.89. The Morgan fingerprint density at radius 1 is 0.553 bits per heavy atom. The molecule has 210 valence electrons. The van der Waals surface area contributed by atoms with Crippen LogP contribution < -0.4 is 23.2 Å². The lowest BCUT2D eigenvalue weighted by Gasteiger charge is -2.17.